The van der Waals surface area contributed by atoms with Crippen molar-refractivity contribution in [2.45, 2.75) is 77.5 Å². The van der Waals surface area contributed by atoms with Gasteiger partial charge in [-0.3, -0.25) is 4.68 Å². The van der Waals surface area contributed by atoms with Crippen molar-refractivity contribution in [1.29, 1.82) is 0 Å². The summed E-state index contributed by atoms with van der Waals surface area (Å²) in [5.74, 6) is 1.03. The summed E-state index contributed by atoms with van der Waals surface area (Å²) in [5.41, 5.74) is 4.40. The van der Waals surface area contributed by atoms with Crippen molar-refractivity contribution < 1.29 is 5.11 Å². The van der Waals surface area contributed by atoms with Gasteiger partial charge < -0.3 is 10.4 Å². The van der Waals surface area contributed by atoms with E-state index in [0.29, 0.717) is 17.9 Å². The minimum atomic E-state index is -0.168. The molecular weight excluding hydrogens is 352 g/mol. The van der Waals surface area contributed by atoms with Gasteiger partial charge in [0.1, 0.15) is 0 Å². The Morgan fingerprint density at radius 3 is 2.50 bits per heavy atom. The Bertz CT molecular complexity index is 949. The van der Waals surface area contributed by atoms with Crippen molar-refractivity contribution in [3.05, 3.63) is 30.4 Å². The number of hydrogen-bond acceptors (Lipinski definition) is 5. The lowest BCUT2D eigenvalue weighted by Gasteiger charge is -2.25. The van der Waals surface area contributed by atoms with E-state index < -0.39 is 0 Å². The zero-order chi connectivity index (χ0) is 19.8. The van der Waals surface area contributed by atoms with Crippen LogP contribution in [-0.2, 0) is 0 Å². The fourth-order valence-corrected chi connectivity index (χ4v) is 3.99. The molecule has 0 spiro atoms. The third kappa shape index (κ3) is 3.63. The lowest BCUT2D eigenvalue weighted by atomic mass is 9.85. The molecule has 28 heavy (non-hydrogen) atoms. The summed E-state index contributed by atoms with van der Waals surface area (Å²) in [7, 11) is 0. The Hall–Kier alpha value is -2.41. The molecule has 3 heterocycles. The fraction of sp³-hybridized carbons (Fsp3) is 0.571. The topological polar surface area (TPSA) is 80.3 Å². The smallest absolute Gasteiger partial charge is 0.241 e. The van der Waals surface area contributed by atoms with E-state index in [9.17, 15) is 5.11 Å². The molecule has 1 saturated carbocycles. The Balaban J connectivity index is 1.81. The molecule has 2 N–H and O–H groups in total. The van der Waals surface area contributed by atoms with Crippen molar-refractivity contribution in [3.63, 3.8) is 0 Å². The van der Waals surface area contributed by atoms with Crippen LogP contribution in [0.25, 0.3) is 16.6 Å². The van der Waals surface area contributed by atoms with Gasteiger partial charge in [0, 0.05) is 41.0 Å². The van der Waals surface area contributed by atoms with Gasteiger partial charge in [0.25, 0.3) is 0 Å². The van der Waals surface area contributed by atoms with Crippen LogP contribution in [0.3, 0.4) is 0 Å². The Morgan fingerprint density at radius 2 is 1.86 bits per heavy atom. The van der Waals surface area contributed by atoms with Crippen LogP contribution < -0.4 is 5.32 Å². The lowest BCUT2D eigenvalue weighted by Crippen LogP contribution is -2.19. The van der Waals surface area contributed by atoms with E-state index in [1.807, 2.05) is 21.6 Å². The summed E-state index contributed by atoms with van der Waals surface area (Å²) >= 11 is 0. The fourth-order valence-electron chi connectivity index (χ4n) is 3.99. The second-order valence-electron chi connectivity index (χ2n) is 8.47. The van der Waals surface area contributed by atoms with E-state index in [-0.39, 0.29) is 12.1 Å². The summed E-state index contributed by atoms with van der Waals surface area (Å²) in [5, 5.41) is 22.5. The molecule has 0 unspecified atom stereocenters. The predicted octanol–water partition coefficient (Wildman–Crippen LogP) is 4.01. The highest BCUT2D eigenvalue weighted by atomic mass is 16.3. The highest BCUT2D eigenvalue weighted by Gasteiger charge is 2.26. The first kappa shape index (κ1) is 18.9. The minimum absolute atomic E-state index is 0.168. The average Bonchev–Trinajstić information content (AvgIpc) is 3.26. The normalized spacial score (nSPS) is 20.4. The zero-order valence-corrected chi connectivity index (χ0v) is 17.1. The number of hydrogen-bond donors (Lipinski definition) is 2. The summed E-state index contributed by atoms with van der Waals surface area (Å²) in [4.78, 5) is 4.54. The van der Waals surface area contributed by atoms with E-state index >= 15 is 0 Å². The molecule has 3 aromatic heterocycles. The van der Waals surface area contributed by atoms with E-state index in [1.165, 1.54) is 5.69 Å². The summed E-state index contributed by atoms with van der Waals surface area (Å²) in [6, 6.07) is 2.83. The Labute approximate surface area is 165 Å². The van der Waals surface area contributed by atoms with Gasteiger partial charge >= 0.3 is 0 Å². The van der Waals surface area contributed by atoms with E-state index in [2.05, 4.69) is 55.4 Å². The molecule has 1 aliphatic rings. The van der Waals surface area contributed by atoms with Crippen LogP contribution in [0.1, 0.15) is 71.0 Å². The number of anilines is 1. The maximum absolute atomic E-state index is 9.91. The molecule has 1 fully saturated rings. The molecule has 3 aromatic rings. The molecule has 0 radical (unpaired) electrons. The van der Waals surface area contributed by atoms with Crippen LogP contribution in [0.5, 0.6) is 0 Å². The van der Waals surface area contributed by atoms with Gasteiger partial charge in [-0.05, 0) is 59.4 Å². The quantitative estimate of drug-likeness (QED) is 0.697. The highest BCUT2D eigenvalue weighted by molar-refractivity contribution is 5.81. The van der Waals surface area contributed by atoms with Crippen molar-refractivity contribution in [1.82, 2.24) is 24.4 Å². The minimum Gasteiger partial charge on any atom is -0.393 e. The average molecular weight is 383 g/mol. The van der Waals surface area contributed by atoms with Crippen LogP contribution in [-0.4, -0.2) is 41.6 Å². The van der Waals surface area contributed by atoms with Gasteiger partial charge in [-0.1, -0.05) is 0 Å². The summed E-state index contributed by atoms with van der Waals surface area (Å²) in [6.07, 6.45) is 9.41. The van der Waals surface area contributed by atoms with Crippen LogP contribution in [0, 0.1) is 0 Å². The molecule has 4 rings (SSSR count). The molecule has 7 nitrogen and oxygen atoms in total. The van der Waals surface area contributed by atoms with Gasteiger partial charge in [0.15, 0.2) is 0 Å². The Morgan fingerprint density at radius 1 is 1.11 bits per heavy atom. The number of nitrogens with zero attached hydrogens (tertiary/aromatic N) is 5. The van der Waals surface area contributed by atoms with E-state index in [4.69, 9.17) is 5.10 Å². The predicted molar refractivity (Wildman–Crippen MR) is 111 cm³/mol. The van der Waals surface area contributed by atoms with Crippen molar-refractivity contribution in [2.24, 2.45) is 0 Å². The van der Waals surface area contributed by atoms with Crippen LogP contribution in [0.2, 0.25) is 0 Å². The lowest BCUT2D eigenvalue weighted by molar-refractivity contribution is 0.121. The van der Waals surface area contributed by atoms with Gasteiger partial charge in [-0.2, -0.15) is 5.10 Å². The molecule has 150 valence electrons. The monoisotopic (exact) mass is 382 g/mol. The molecule has 0 amide bonds. The number of aliphatic hydroxyl groups excluding tert-OH is 1. The zero-order valence-electron chi connectivity index (χ0n) is 17.1. The first-order chi connectivity index (χ1) is 13.4. The third-order valence-electron chi connectivity index (χ3n) is 5.52. The highest BCUT2D eigenvalue weighted by Crippen LogP contribution is 2.37. The third-order valence-corrected chi connectivity index (χ3v) is 5.52. The van der Waals surface area contributed by atoms with Crippen molar-refractivity contribution in [3.8, 4) is 11.1 Å². The van der Waals surface area contributed by atoms with Crippen LogP contribution in [0.4, 0.5) is 5.95 Å². The molecule has 0 aromatic carbocycles. The molecule has 0 bridgehead atoms. The molecule has 0 aliphatic heterocycles. The first-order valence-electron chi connectivity index (χ1n) is 10.3. The second-order valence-corrected chi connectivity index (χ2v) is 8.47. The Kier molecular flexibility index (Phi) is 5.10. The number of nitrogens with one attached hydrogen (secondary N) is 1. The van der Waals surface area contributed by atoms with Gasteiger partial charge in [-0.15, -0.1) is 5.10 Å². The number of rotatable bonds is 5. The number of fused-ring (bicyclic) bond motifs is 1. The summed E-state index contributed by atoms with van der Waals surface area (Å²) < 4.78 is 4.02. The standard InChI is InChI=1S/C21H30N6O/c1-13(2)24-21-22-11-20-18(16-10-23-26(12-16)14(3)4)9-19(27(20)25-21)15-5-7-17(28)8-6-15/h9-15,17,28H,5-8H2,1-4H3,(H,24,25). The van der Waals surface area contributed by atoms with Gasteiger partial charge in [0.2, 0.25) is 5.95 Å². The van der Waals surface area contributed by atoms with Crippen molar-refractivity contribution >= 4 is 11.5 Å². The van der Waals surface area contributed by atoms with Gasteiger partial charge in [0.05, 0.1) is 24.0 Å². The first-order valence-corrected chi connectivity index (χ1v) is 10.3. The van der Waals surface area contributed by atoms with Crippen LogP contribution >= 0.6 is 0 Å². The maximum atomic E-state index is 9.91. The second kappa shape index (κ2) is 7.54. The van der Waals surface area contributed by atoms with E-state index in [0.717, 1.165) is 42.3 Å². The van der Waals surface area contributed by atoms with E-state index in [1.54, 1.807) is 0 Å². The van der Waals surface area contributed by atoms with Gasteiger partial charge in [-0.25, -0.2) is 9.50 Å². The maximum Gasteiger partial charge on any atom is 0.241 e. The molecular formula is C21H30N6O. The summed E-state index contributed by atoms with van der Waals surface area (Å²) in [6.45, 7) is 8.41. The molecule has 0 saturated heterocycles. The van der Waals surface area contributed by atoms with Crippen molar-refractivity contribution in [2.75, 3.05) is 5.32 Å². The van der Waals surface area contributed by atoms with Crippen LogP contribution in [0.15, 0.2) is 24.7 Å². The SMILES string of the molecule is CC(C)Nc1ncc2c(-c3cnn(C(C)C)c3)cc(C3CCC(O)CC3)n2n1. The molecule has 0 atom stereocenters. The largest absolute Gasteiger partial charge is 0.393 e. The number of aliphatic hydroxyl groups is 1. The number of aromatic nitrogens is 5. The molecule has 7 heteroatoms. The molecule has 1 aliphatic carbocycles.